The van der Waals surface area contributed by atoms with Crippen LogP contribution in [0.2, 0.25) is 0 Å². The molecule has 1 unspecified atom stereocenters. The number of carboxylic acids is 1. The molecule has 2 amide bonds. The van der Waals surface area contributed by atoms with Crippen LogP contribution in [0.25, 0.3) is 11.1 Å². The van der Waals surface area contributed by atoms with Crippen molar-refractivity contribution in [2.45, 2.75) is 18.4 Å². The maximum absolute atomic E-state index is 13.6. The number of hydrogen-bond donors (Lipinski definition) is 3. The van der Waals surface area contributed by atoms with Crippen molar-refractivity contribution in [3.8, 4) is 11.1 Å². The predicted octanol–water partition coefficient (Wildman–Crippen LogP) is 4.91. The van der Waals surface area contributed by atoms with Gasteiger partial charge in [-0.25, -0.2) is 9.18 Å². The summed E-state index contributed by atoms with van der Waals surface area (Å²) in [5, 5.41) is 13.9. The minimum absolute atomic E-state index is 0.0120. The van der Waals surface area contributed by atoms with Gasteiger partial charge in [-0.2, -0.15) is 0 Å². The van der Waals surface area contributed by atoms with Crippen molar-refractivity contribution in [2.75, 3.05) is 11.9 Å². The van der Waals surface area contributed by atoms with E-state index in [1.165, 1.54) is 12.1 Å². The Morgan fingerprint density at radius 2 is 1.62 bits per heavy atom. The average Bonchev–Trinajstić information content (AvgIpc) is 3.10. The highest BCUT2D eigenvalue weighted by atomic mass is 79.9. The Balaban J connectivity index is 1.43. The minimum atomic E-state index is -1.42. The molecule has 1 aliphatic rings. The van der Waals surface area contributed by atoms with E-state index in [-0.39, 0.29) is 18.2 Å². The second-order valence-electron chi connectivity index (χ2n) is 7.77. The maximum atomic E-state index is 13.6. The highest BCUT2D eigenvalue weighted by Crippen LogP contribution is 2.44. The molecule has 3 aromatic rings. The van der Waals surface area contributed by atoms with Gasteiger partial charge in [0.25, 0.3) is 0 Å². The molecule has 3 N–H and O–H groups in total. The summed E-state index contributed by atoms with van der Waals surface area (Å²) in [6, 6.07) is 18.0. The van der Waals surface area contributed by atoms with Crippen molar-refractivity contribution < 1.29 is 28.6 Å². The highest BCUT2D eigenvalue weighted by Gasteiger charge is 2.30. The fraction of sp³-hybridized carbons (Fsp3) is 0.160. The first kappa shape index (κ1) is 23.4. The van der Waals surface area contributed by atoms with Crippen LogP contribution >= 0.6 is 15.9 Å². The lowest BCUT2D eigenvalue weighted by atomic mass is 9.98. The van der Waals surface area contributed by atoms with Crippen LogP contribution in [0.1, 0.15) is 23.5 Å². The molecule has 0 saturated heterocycles. The summed E-state index contributed by atoms with van der Waals surface area (Å²) in [5.41, 5.74) is 4.29. The number of alkyl carbamates (subject to hydrolysis) is 1. The van der Waals surface area contributed by atoms with E-state index in [1.54, 1.807) is 0 Å². The van der Waals surface area contributed by atoms with Gasteiger partial charge in [0.15, 0.2) is 0 Å². The molecule has 1 aliphatic carbocycles. The molecule has 3 aromatic carbocycles. The standard InChI is InChI=1S/C25H20BrFN2O5/c26-14-9-15(27)11-16(10-14)28-24(32)22(12-23(30)31)29-25(33)34-13-21-19-7-3-1-5-17(19)18-6-2-4-8-20(18)21/h1-11,21-22H,12-13H2,(H,28,32)(H,29,33)(H,30,31). The molecular weight excluding hydrogens is 507 g/mol. The summed E-state index contributed by atoms with van der Waals surface area (Å²) < 4.78 is 19.4. The highest BCUT2D eigenvalue weighted by molar-refractivity contribution is 9.10. The minimum Gasteiger partial charge on any atom is -0.481 e. The van der Waals surface area contributed by atoms with E-state index in [4.69, 9.17) is 4.74 Å². The summed E-state index contributed by atoms with van der Waals surface area (Å²) in [7, 11) is 0. The molecule has 174 valence electrons. The summed E-state index contributed by atoms with van der Waals surface area (Å²) in [6.07, 6.45) is -1.60. The number of hydrogen-bond acceptors (Lipinski definition) is 4. The Labute approximate surface area is 203 Å². The largest absolute Gasteiger partial charge is 0.481 e. The molecule has 0 radical (unpaired) electrons. The molecule has 1 atom stereocenters. The van der Waals surface area contributed by atoms with Gasteiger partial charge in [-0.05, 0) is 40.5 Å². The molecule has 34 heavy (non-hydrogen) atoms. The van der Waals surface area contributed by atoms with Crippen LogP contribution in [0.15, 0.2) is 71.2 Å². The number of ether oxygens (including phenoxy) is 1. The normalized spacial score (nSPS) is 12.9. The number of rotatable bonds is 7. The van der Waals surface area contributed by atoms with E-state index in [2.05, 4.69) is 26.6 Å². The number of anilines is 1. The van der Waals surface area contributed by atoms with Crippen molar-refractivity contribution in [2.24, 2.45) is 0 Å². The van der Waals surface area contributed by atoms with E-state index >= 15 is 0 Å². The zero-order chi connectivity index (χ0) is 24.2. The molecule has 0 bridgehead atoms. The molecule has 4 rings (SSSR count). The van der Waals surface area contributed by atoms with E-state index in [1.807, 2.05) is 48.5 Å². The second-order valence-corrected chi connectivity index (χ2v) is 8.68. The molecule has 0 heterocycles. The molecule has 0 fully saturated rings. The van der Waals surface area contributed by atoms with E-state index in [9.17, 15) is 23.9 Å². The Hall–Kier alpha value is -3.72. The topological polar surface area (TPSA) is 105 Å². The summed E-state index contributed by atoms with van der Waals surface area (Å²) in [4.78, 5) is 36.4. The molecule has 0 aromatic heterocycles. The lowest BCUT2D eigenvalue weighted by molar-refractivity contribution is -0.139. The Morgan fingerprint density at radius 1 is 1.00 bits per heavy atom. The number of nitrogens with one attached hydrogen (secondary N) is 2. The van der Waals surface area contributed by atoms with Gasteiger partial charge < -0.3 is 20.5 Å². The van der Waals surface area contributed by atoms with Crippen LogP contribution < -0.4 is 10.6 Å². The number of benzene rings is 3. The third-order valence-electron chi connectivity index (χ3n) is 5.46. The molecule has 0 aliphatic heterocycles. The Morgan fingerprint density at radius 3 is 2.21 bits per heavy atom. The number of amides is 2. The third kappa shape index (κ3) is 5.26. The summed E-state index contributed by atoms with van der Waals surface area (Å²) in [6.45, 7) is 0.0120. The Bertz CT molecular complexity index is 1200. The van der Waals surface area contributed by atoms with Crippen molar-refractivity contribution in [3.63, 3.8) is 0 Å². The monoisotopic (exact) mass is 526 g/mol. The van der Waals surface area contributed by atoms with E-state index < -0.39 is 36.2 Å². The van der Waals surface area contributed by atoms with Crippen molar-refractivity contribution in [1.82, 2.24) is 5.32 Å². The first-order chi connectivity index (χ1) is 16.3. The van der Waals surface area contributed by atoms with Gasteiger partial charge in [0.05, 0.1) is 6.42 Å². The van der Waals surface area contributed by atoms with Gasteiger partial charge in [-0.15, -0.1) is 0 Å². The van der Waals surface area contributed by atoms with E-state index in [0.717, 1.165) is 28.3 Å². The predicted molar refractivity (Wildman–Crippen MR) is 127 cm³/mol. The van der Waals surface area contributed by atoms with Gasteiger partial charge in [0.2, 0.25) is 5.91 Å². The van der Waals surface area contributed by atoms with Crippen molar-refractivity contribution in [3.05, 3.63) is 88.1 Å². The Kier molecular flexibility index (Phi) is 6.93. The quantitative estimate of drug-likeness (QED) is 0.405. The number of carbonyl (C=O) groups excluding carboxylic acids is 2. The van der Waals surface area contributed by atoms with Crippen molar-refractivity contribution >= 4 is 39.6 Å². The van der Waals surface area contributed by atoms with Crippen LogP contribution in [0, 0.1) is 5.82 Å². The fourth-order valence-corrected chi connectivity index (χ4v) is 4.49. The smallest absolute Gasteiger partial charge is 0.407 e. The number of fused-ring (bicyclic) bond motifs is 3. The number of aliphatic carboxylic acids is 1. The van der Waals surface area contributed by atoms with Crippen LogP contribution in [0.5, 0.6) is 0 Å². The lowest BCUT2D eigenvalue weighted by Crippen LogP contribution is -2.45. The SMILES string of the molecule is O=C(O)CC(NC(=O)OCC1c2ccccc2-c2ccccc21)C(=O)Nc1cc(F)cc(Br)c1. The number of carbonyl (C=O) groups is 3. The number of halogens is 2. The zero-order valence-corrected chi connectivity index (χ0v) is 19.3. The molecule has 9 heteroatoms. The number of carboxylic acid groups (broad SMARTS) is 1. The van der Waals surface area contributed by atoms with Gasteiger partial charge in [-0.1, -0.05) is 64.5 Å². The third-order valence-corrected chi connectivity index (χ3v) is 5.92. The van der Waals surface area contributed by atoms with Gasteiger partial charge in [-0.3, -0.25) is 9.59 Å². The van der Waals surface area contributed by atoms with E-state index in [0.29, 0.717) is 4.47 Å². The van der Waals surface area contributed by atoms with Crippen molar-refractivity contribution in [1.29, 1.82) is 0 Å². The van der Waals surface area contributed by atoms with Crippen LogP contribution in [-0.4, -0.2) is 35.7 Å². The average molecular weight is 527 g/mol. The molecular formula is C25H20BrFN2O5. The zero-order valence-electron chi connectivity index (χ0n) is 17.8. The fourth-order valence-electron chi connectivity index (χ4n) is 4.02. The van der Waals surface area contributed by atoms with Crippen LogP contribution in [0.4, 0.5) is 14.9 Å². The maximum Gasteiger partial charge on any atom is 0.407 e. The van der Waals surface area contributed by atoms with Crippen LogP contribution in [-0.2, 0) is 14.3 Å². The summed E-state index contributed by atoms with van der Waals surface area (Å²) >= 11 is 3.12. The summed E-state index contributed by atoms with van der Waals surface area (Å²) in [5.74, 6) is -2.88. The first-order valence-corrected chi connectivity index (χ1v) is 11.2. The molecule has 0 spiro atoms. The lowest BCUT2D eigenvalue weighted by Gasteiger charge is -2.19. The van der Waals surface area contributed by atoms with Gasteiger partial charge in [0, 0.05) is 16.1 Å². The van der Waals surface area contributed by atoms with Gasteiger partial charge >= 0.3 is 12.1 Å². The first-order valence-electron chi connectivity index (χ1n) is 10.4. The van der Waals surface area contributed by atoms with Gasteiger partial charge in [0.1, 0.15) is 18.5 Å². The molecule has 0 saturated carbocycles. The molecule has 7 nitrogen and oxygen atoms in total. The van der Waals surface area contributed by atoms with Crippen LogP contribution in [0.3, 0.4) is 0 Å². The second kappa shape index (κ2) is 10.0.